The van der Waals surface area contributed by atoms with Crippen molar-refractivity contribution in [1.82, 2.24) is 9.88 Å². The molecule has 0 saturated carbocycles. The molecule has 0 bridgehead atoms. The Hall–Kier alpha value is -0.450. The van der Waals surface area contributed by atoms with Gasteiger partial charge in [-0.1, -0.05) is 20.8 Å². The van der Waals surface area contributed by atoms with Crippen molar-refractivity contribution in [3.63, 3.8) is 0 Å². The van der Waals surface area contributed by atoms with E-state index in [2.05, 4.69) is 30.7 Å². The van der Waals surface area contributed by atoms with Gasteiger partial charge in [-0.05, 0) is 24.8 Å². The maximum absolute atomic E-state index is 5.99. The molecule has 96 valence electrons. The van der Waals surface area contributed by atoms with Crippen LogP contribution in [0.1, 0.15) is 43.5 Å². The van der Waals surface area contributed by atoms with E-state index < -0.39 is 0 Å². The van der Waals surface area contributed by atoms with Crippen LogP contribution < -0.4 is 5.73 Å². The molecular formula is C13H23N3S. The molecule has 1 aromatic rings. The van der Waals surface area contributed by atoms with E-state index in [-0.39, 0.29) is 5.41 Å². The van der Waals surface area contributed by atoms with Gasteiger partial charge in [0.25, 0.3) is 0 Å². The summed E-state index contributed by atoms with van der Waals surface area (Å²) >= 11 is 1.84. The van der Waals surface area contributed by atoms with Gasteiger partial charge in [0.15, 0.2) is 0 Å². The molecule has 2 rings (SSSR count). The highest BCUT2D eigenvalue weighted by Crippen LogP contribution is 2.28. The van der Waals surface area contributed by atoms with Crippen LogP contribution in [0.3, 0.4) is 0 Å². The minimum Gasteiger partial charge on any atom is -0.327 e. The van der Waals surface area contributed by atoms with E-state index in [1.807, 2.05) is 17.5 Å². The van der Waals surface area contributed by atoms with Crippen LogP contribution >= 0.6 is 11.3 Å². The molecule has 1 saturated heterocycles. The third-order valence-corrected chi connectivity index (χ3v) is 4.60. The van der Waals surface area contributed by atoms with Crippen LogP contribution in [0.2, 0.25) is 0 Å². The zero-order valence-corrected chi connectivity index (χ0v) is 11.9. The molecule has 3 nitrogen and oxygen atoms in total. The maximum atomic E-state index is 5.99. The largest absolute Gasteiger partial charge is 0.327 e. The average molecular weight is 253 g/mol. The molecule has 1 atom stereocenters. The van der Waals surface area contributed by atoms with E-state index in [1.54, 1.807) is 0 Å². The predicted octanol–water partition coefficient (Wildman–Crippen LogP) is 2.36. The molecule has 0 aliphatic carbocycles. The van der Waals surface area contributed by atoms with Crippen molar-refractivity contribution in [2.45, 2.75) is 51.6 Å². The molecule has 2 heterocycles. The zero-order valence-electron chi connectivity index (χ0n) is 11.1. The van der Waals surface area contributed by atoms with Crippen LogP contribution in [0.4, 0.5) is 0 Å². The highest BCUT2D eigenvalue weighted by Gasteiger charge is 2.20. The Balaban J connectivity index is 1.97. The summed E-state index contributed by atoms with van der Waals surface area (Å²) in [7, 11) is 0. The van der Waals surface area contributed by atoms with Crippen molar-refractivity contribution in [2.75, 3.05) is 13.1 Å². The Morgan fingerprint density at radius 1 is 1.53 bits per heavy atom. The zero-order chi connectivity index (χ0) is 12.5. The Morgan fingerprint density at radius 3 is 2.88 bits per heavy atom. The van der Waals surface area contributed by atoms with E-state index in [4.69, 9.17) is 5.73 Å². The first-order chi connectivity index (χ1) is 7.95. The van der Waals surface area contributed by atoms with Crippen molar-refractivity contribution >= 4 is 11.3 Å². The summed E-state index contributed by atoms with van der Waals surface area (Å²) in [4.78, 5) is 8.34. The van der Waals surface area contributed by atoms with Crippen LogP contribution in [0, 0.1) is 0 Å². The molecule has 1 aliphatic heterocycles. The number of nitrogens with two attached hydrogens (primary N) is 1. The fraction of sp³-hybridized carbons (Fsp3) is 0.769. The predicted molar refractivity (Wildman–Crippen MR) is 73.3 cm³/mol. The van der Waals surface area contributed by atoms with E-state index in [0.717, 1.165) is 19.6 Å². The highest BCUT2D eigenvalue weighted by molar-refractivity contribution is 7.11. The van der Waals surface area contributed by atoms with Crippen LogP contribution in [0.5, 0.6) is 0 Å². The number of likely N-dealkylation sites (tertiary alicyclic amines) is 1. The number of rotatable bonds is 2. The Labute approximate surface area is 108 Å². The van der Waals surface area contributed by atoms with Crippen molar-refractivity contribution in [1.29, 1.82) is 0 Å². The molecule has 4 heteroatoms. The van der Waals surface area contributed by atoms with Crippen LogP contribution in [0.15, 0.2) is 6.20 Å². The standard InChI is InChI=1S/C13H23N3S/c1-13(2,3)11-7-15-12(17-11)9-16-6-4-5-10(14)8-16/h7,10H,4-6,8-9,14H2,1-3H3. The number of hydrogen-bond donors (Lipinski definition) is 1. The van der Waals surface area contributed by atoms with Crippen LogP contribution in [-0.2, 0) is 12.0 Å². The summed E-state index contributed by atoms with van der Waals surface area (Å²) in [5.74, 6) is 0. The topological polar surface area (TPSA) is 42.2 Å². The summed E-state index contributed by atoms with van der Waals surface area (Å²) in [5.41, 5.74) is 6.21. The summed E-state index contributed by atoms with van der Waals surface area (Å²) in [6.45, 7) is 9.86. The minimum atomic E-state index is 0.216. The van der Waals surface area contributed by atoms with Crippen molar-refractivity contribution in [2.24, 2.45) is 5.73 Å². The van der Waals surface area contributed by atoms with Gasteiger partial charge in [-0.15, -0.1) is 11.3 Å². The monoisotopic (exact) mass is 253 g/mol. The first kappa shape index (κ1) is 13.0. The molecule has 1 unspecified atom stereocenters. The summed E-state index contributed by atoms with van der Waals surface area (Å²) in [6, 6.07) is 0.353. The van der Waals surface area contributed by atoms with Crippen LogP contribution in [-0.4, -0.2) is 29.0 Å². The molecule has 1 aliphatic rings. The fourth-order valence-corrected chi connectivity index (χ4v) is 3.17. The third kappa shape index (κ3) is 3.50. The van der Waals surface area contributed by atoms with Crippen molar-refractivity contribution < 1.29 is 0 Å². The van der Waals surface area contributed by atoms with E-state index in [1.165, 1.54) is 22.7 Å². The highest BCUT2D eigenvalue weighted by atomic mass is 32.1. The quantitative estimate of drug-likeness (QED) is 0.880. The lowest BCUT2D eigenvalue weighted by atomic mass is 9.96. The first-order valence-electron chi connectivity index (χ1n) is 6.38. The van der Waals surface area contributed by atoms with E-state index in [0.29, 0.717) is 6.04 Å². The van der Waals surface area contributed by atoms with Gasteiger partial charge in [-0.2, -0.15) is 0 Å². The maximum Gasteiger partial charge on any atom is 0.107 e. The second-order valence-electron chi connectivity index (χ2n) is 6.01. The van der Waals surface area contributed by atoms with Crippen molar-refractivity contribution in [3.05, 3.63) is 16.1 Å². The van der Waals surface area contributed by atoms with Gasteiger partial charge in [0.05, 0.1) is 6.54 Å². The molecular weight excluding hydrogens is 230 g/mol. The number of aromatic nitrogens is 1. The van der Waals surface area contributed by atoms with Gasteiger partial charge in [-0.3, -0.25) is 4.90 Å². The lowest BCUT2D eigenvalue weighted by Gasteiger charge is -2.29. The molecule has 1 aromatic heterocycles. The normalized spacial score (nSPS) is 22.9. The van der Waals surface area contributed by atoms with Crippen LogP contribution in [0.25, 0.3) is 0 Å². The first-order valence-corrected chi connectivity index (χ1v) is 7.20. The second-order valence-corrected chi connectivity index (χ2v) is 7.12. The lowest BCUT2D eigenvalue weighted by molar-refractivity contribution is 0.201. The summed E-state index contributed by atoms with van der Waals surface area (Å²) < 4.78 is 0. The van der Waals surface area contributed by atoms with Gasteiger partial charge in [0, 0.05) is 23.7 Å². The number of thiazole rings is 1. The van der Waals surface area contributed by atoms with Gasteiger partial charge < -0.3 is 5.73 Å². The molecule has 0 spiro atoms. The van der Waals surface area contributed by atoms with Gasteiger partial charge in [-0.25, -0.2) is 4.98 Å². The molecule has 1 fully saturated rings. The molecule has 0 aromatic carbocycles. The molecule has 17 heavy (non-hydrogen) atoms. The Kier molecular flexibility index (Phi) is 3.85. The van der Waals surface area contributed by atoms with E-state index >= 15 is 0 Å². The Bertz CT molecular complexity index is 367. The number of hydrogen-bond acceptors (Lipinski definition) is 4. The number of nitrogens with zero attached hydrogens (tertiary/aromatic N) is 2. The van der Waals surface area contributed by atoms with Gasteiger partial charge in [0.2, 0.25) is 0 Å². The fourth-order valence-electron chi connectivity index (χ4n) is 2.16. The second kappa shape index (κ2) is 5.04. The summed E-state index contributed by atoms with van der Waals surface area (Å²) in [5, 5.41) is 1.23. The molecule has 2 N–H and O–H groups in total. The third-order valence-electron chi connectivity index (χ3n) is 3.19. The average Bonchev–Trinajstić information content (AvgIpc) is 2.65. The number of piperidine rings is 1. The summed E-state index contributed by atoms with van der Waals surface area (Å²) in [6.07, 6.45) is 4.42. The van der Waals surface area contributed by atoms with Gasteiger partial charge in [0.1, 0.15) is 5.01 Å². The lowest BCUT2D eigenvalue weighted by Crippen LogP contribution is -2.42. The van der Waals surface area contributed by atoms with Gasteiger partial charge >= 0.3 is 0 Å². The molecule has 0 amide bonds. The Morgan fingerprint density at radius 2 is 2.29 bits per heavy atom. The van der Waals surface area contributed by atoms with Crippen molar-refractivity contribution in [3.8, 4) is 0 Å². The minimum absolute atomic E-state index is 0.216. The van der Waals surface area contributed by atoms with E-state index in [9.17, 15) is 0 Å². The smallest absolute Gasteiger partial charge is 0.107 e. The SMILES string of the molecule is CC(C)(C)c1cnc(CN2CCCC(N)C2)s1. The molecule has 0 radical (unpaired) electrons.